The summed E-state index contributed by atoms with van der Waals surface area (Å²) in [5, 5.41) is 3.30. The van der Waals surface area contributed by atoms with Crippen LogP contribution in [0.2, 0.25) is 0 Å². The van der Waals surface area contributed by atoms with Crippen molar-refractivity contribution in [3.63, 3.8) is 0 Å². The van der Waals surface area contributed by atoms with Crippen LogP contribution >= 0.6 is 11.8 Å². The molecule has 0 saturated heterocycles. The predicted octanol–water partition coefficient (Wildman–Crippen LogP) is 3.05. The summed E-state index contributed by atoms with van der Waals surface area (Å²) >= 11 is 1.22. The summed E-state index contributed by atoms with van der Waals surface area (Å²) in [6.45, 7) is 1.76. The van der Waals surface area contributed by atoms with Gasteiger partial charge in [0.15, 0.2) is 5.17 Å². The second-order valence-corrected chi connectivity index (χ2v) is 7.22. The fraction of sp³-hybridized carbons (Fsp3) is 0.200. The van der Waals surface area contributed by atoms with Crippen molar-refractivity contribution in [2.75, 3.05) is 18.2 Å². The van der Waals surface area contributed by atoms with Gasteiger partial charge in [-0.15, -0.1) is 0 Å². The van der Waals surface area contributed by atoms with Gasteiger partial charge in [0, 0.05) is 11.3 Å². The second-order valence-electron chi connectivity index (χ2n) is 6.28. The molecular weight excluding hydrogens is 376 g/mol. The largest absolute Gasteiger partial charge is 0.497 e. The zero-order valence-corrected chi connectivity index (χ0v) is 16.2. The maximum atomic E-state index is 12.6. The molecule has 0 spiro atoms. The number of amidine groups is 2. The number of nitrogens with zero attached hydrogens (tertiary/aromatic N) is 3. The summed E-state index contributed by atoms with van der Waals surface area (Å²) in [7, 11) is 1.59. The van der Waals surface area contributed by atoms with E-state index in [9.17, 15) is 9.59 Å². The minimum atomic E-state index is -0.458. The number of benzene rings is 2. The molecule has 0 fully saturated rings. The van der Waals surface area contributed by atoms with Crippen LogP contribution in [0.5, 0.6) is 5.75 Å². The molecule has 0 radical (unpaired) electrons. The van der Waals surface area contributed by atoms with Crippen molar-refractivity contribution in [1.29, 1.82) is 0 Å². The Labute approximate surface area is 166 Å². The Morgan fingerprint density at radius 1 is 1.21 bits per heavy atom. The summed E-state index contributed by atoms with van der Waals surface area (Å²) in [5.74, 6) is 1.12. The van der Waals surface area contributed by atoms with Crippen molar-refractivity contribution >= 4 is 46.0 Å². The van der Waals surface area contributed by atoms with Crippen LogP contribution in [0, 0.1) is 0 Å². The minimum absolute atomic E-state index is 0.123. The van der Waals surface area contributed by atoms with Crippen LogP contribution in [0.25, 0.3) is 0 Å². The summed E-state index contributed by atoms with van der Waals surface area (Å²) in [6, 6.07) is 14.2. The number of nitrogens with one attached hydrogen (secondary N) is 1. The van der Waals surface area contributed by atoms with Crippen molar-refractivity contribution in [2.45, 2.75) is 13.0 Å². The number of thioether (sulfide) groups is 1. The van der Waals surface area contributed by atoms with E-state index in [0.717, 1.165) is 17.0 Å². The zero-order chi connectivity index (χ0) is 19.7. The monoisotopic (exact) mass is 394 g/mol. The molecular formula is C20H18N4O3S. The summed E-state index contributed by atoms with van der Waals surface area (Å²) in [5.41, 5.74) is 2.25. The molecule has 2 aromatic carbocycles. The Balaban J connectivity index is 1.49. The normalized spacial score (nSPS) is 17.4. The summed E-state index contributed by atoms with van der Waals surface area (Å²) < 4.78 is 5.11. The number of ether oxygens (including phenoxy) is 1. The van der Waals surface area contributed by atoms with E-state index in [4.69, 9.17) is 4.74 Å². The number of rotatable bonds is 4. The van der Waals surface area contributed by atoms with Gasteiger partial charge in [-0.2, -0.15) is 0 Å². The molecule has 0 aliphatic carbocycles. The van der Waals surface area contributed by atoms with Crippen molar-refractivity contribution < 1.29 is 14.3 Å². The highest BCUT2D eigenvalue weighted by molar-refractivity contribution is 8.14. The average Bonchev–Trinajstić information content (AvgIpc) is 3.02. The molecule has 0 aromatic heterocycles. The van der Waals surface area contributed by atoms with E-state index >= 15 is 0 Å². The van der Waals surface area contributed by atoms with Crippen molar-refractivity contribution in [3.05, 3.63) is 54.1 Å². The molecule has 0 bridgehead atoms. The molecule has 2 aromatic rings. The maximum Gasteiger partial charge on any atom is 0.258 e. The van der Waals surface area contributed by atoms with E-state index in [0.29, 0.717) is 16.7 Å². The number of methoxy groups -OCH3 is 1. The van der Waals surface area contributed by atoms with Crippen LogP contribution in [0.1, 0.15) is 12.5 Å². The van der Waals surface area contributed by atoms with E-state index in [1.807, 2.05) is 24.3 Å². The molecule has 1 N–H and O–H groups in total. The van der Waals surface area contributed by atoms with Crippen LogP contribution in [0.3, 0.4) is 0 Å². The van der Waals surface area contributed by atoms with E-state index in [2.05, 4.69) is 15.3 Å². The summed E-state index contributed by atoms with van der Waals surface area (Å²) in [4.78, 5) is 35.5. The topological polar surface area (TPSA) is 83.4 Å². The predicted molar refractivity (Wildman–Crippen MR) is 110 cm³/mol. The Morgan fingerprint density at radius 3 is 2.71 bits per heavy atom. The number of fused-ring (bicyclic) bond motifs is 3. The van der Waals surface area contributed by atoms with Gasteiger partial charge in [0.2, 0.25) is 5.91 Å². The number of para-hydroxylation sites is 1. The number of carbonyl (C=O) groups excluding carboxylic acids is 2. The lowest BCUT2D eigenvalue weighted by Gasteiger charge is -2.25. The molecule has 2 aliphatic heterocycles. The highest BCUT2D eigenvalue weighted by Crippen LogP contribution is 2.33. The molecule has 8 heteroatoms. The smallest absolute Gasteiger partial charge is 0.258 e. The molecule has 142 valence electrons. The van der Waals surface area contributed by atoms with E-state index < -0.39 is 6.04 Å². The number of anilines is 1. The number of carbonyl (C=O) groups is 2. The van der Waals surface area contributed by atoms with E-state index in [1.165, 1.54) is 16.7 Å². The Morgan fingerprint density at radius 2 is 1.96 bits per heavy atom. The molecule has 2 aliphatic rings. The molecule has 7 nitrogen and oxygen atoms in total. The van der Waals surface area contributed by atoms with E-state index in [-0.39, 0.29) is 17.6 Å². The standard InChI is InChI=1S/C20H18N4O3S/c1-12-19(26)24-18(21-12)15-5-3-4-6-16(15)23-20(24)28-11-17(25)22-13-7-9-14(27-2)10-8-13/h3-10,12H,11H2,1-2H3,(H,22,25)/t12-/m1/s1. The molecule has 4 rings (SSSR count). The first-order valence-corrected chi connectivity index (χ1v) is 9.72. The van der Waals surface area contributed by atoms with Gasteiger partial charge in [-0.1, -0.05) is 23.9 Å². The van der Waals surface area contributed by atoms with Gasteiger partial charge in [0.1, 0.15) is 17.6 Å². The number of amides is 2. The molecule has 2 heterocycles. The van der Waals surface area contributed by atoms with Gasteiger partial charge in [-0.25, -0.2) is 9.89 Å². The van der Waals surface area contributed by atoms with Crippen LogP contribution < -0.4 is 10.1 Å². The second kappa shape index (κ2) is 7.47. The first kappa shape index (κ1) is 18.2. The highest BCUT2D eigenvalue weighted by atomic mass is 32.2. The molecule has 28 heavy (non-hydrogen) atoms. The molecule has 2 amide bonds. The first-order chi connectivity index (χ1) is 13.6. The van der Waals surface area contributed by atoms with Gasteiger partial charge in [0.05, 0.1) is 18.6 Å². The number of aliphatic imine (C=N–C) groups is 2. The quantitative estimate of drug-likeness (QED) is 0.864. The highest BCUT2D eigenvalue weighted by Gasteiger charge is 2.39. The van der Waals surface area contributed by atoms with Crippen LogP contribution in [0.4, 0.5) is 11.4 Å². The SMILES string of the molecule is COc1ccc(NC(=O)CSC2=Nc3ccccc3C3=N[C@H](C)C(=O)N23)cc1. The zero-order valence-electron chi connectivity index (χ0n) is 15.4. The van der Waals surface area contributed by atoms with E-state index in [1.54, 1.807) is 38.3 Å². The van der Waals surface area contributed by atoms with Crippen molar-refractivity contribution in [2.24, 2.45) is 9.98 Å². The van der Waals surface area contributed by atoms with Crippen molar-refractivity contribution in [3.8, 4) is 5.75 Å². The number of hydrogen-bond donors (Lipinski definition) is 1. The lowest BCUT2D eigenvalue weighted by molar-refractivity contribution is -0.124. The maximum absolute atomic E-state index is 12.6. The molecule has 0 unspecified atom stereocenters. The Hall–Kier alpha value is -3.13. The number of hydrogen-bond acceptors (Lipinski definition) is 6. The fourth-order valence-corrected chi connectivity index (χ4v) is 3.77. The third-order valence-electron chi connectivity index (χ3n) is 4.36. The molecule has 1 atom stereocenters. The van der Waals surface area contributed by atoms with Gasteiger partial charge in [-0.05, 0) is 43.3 Å². The van der Waals surface area contributed by atoms with Crippen LogP contribution in [-0.4, -0.2) is 46.6 Å². The average molecular weight is 394 g/mol. The Bertz CT molecular complexity index is 1000. The van der Waals surface area contributed by atoms with Gasteiger partial charge < -0.3 is 10.1 Å². The lowest BCUT2D eigenvalue weighted by atomic mass is 10.1. The van der Waals surface area contributed by atoms with Crippen molar-refractivity contribution in [1.82, 2.24) is 4.90 Å². The van der Waals surface area contributed by atoms with Crippen LogP contribution in [-0.2, 0) is 9.59 Å². The van der Waals surface area contributed by atoms with Gasteiger partial charge in [0.25, 0.3) is 5.91 Å². The third kappa shape index (κ3) is 3.38. The Kier molecular flexibility index (Phi) is 4.87. The molecule has 0 saturated carbocycles. The van der Waals surface area contributed by atoms with Gasteiger partial charge >= 0.3 is 0 Å². The minimum Gasteiger partial charge on any atom is -0.497 e. The first-order valence-electron chi connectivity index (χ1n) is 8.73. The van der Waals surface area contributed by atoms with Gasteiger partial charge in [-0.3, -0.25) is 14.6 Å². The lowest BCUT2D eigenvalue weighted by Crippen LogP contribution is -2.41. The fourth-order valence-electron chi connectivity index (χ4n) is 2.97. The summed E-state index contributed by atoms with van der Waals surface area (Å²) in [6.07, 6.45) is 0. The van der Waals surface area contributed by atoms with Crippen LogP contribution in [0.15, 0.2) is 58.5 Å². The third-order valence-corrected chi connectivity index (χ3v) is 5.30.